The highest BCUT2D eigenvalue weighted by Gasteiger charge is 2.38. The lowest BCUT2D eigenvalue weighted by Gasteiger charge is -2.19. The number of rotatable bonds is 5. The van der Waals surface area contributed by atoms with Crippen LogP contribution in [-0.2, 0) is 10.9 Å². The van der Waals surface area contributed by atoms with Crippen LogP contribution in [0.5, 0.6) is 0 Å². The normalized spacial score (nSPS) is 15.7. The summed E-state index contributed by atoms with van der Waals surface area (Å²) in [5.74, 6) is -2.34. The fourth-order valence-electron chi connectivity index (χ4n) is 2.63. The Bertz CT molecular complexity index is 823. The van der Waals surface area contributed by atoms with Crippen LogP contribution in [0.25, 0.3) is 5.83 Å². The van der Waals surface area contributed by atoms with Crippen LogP contribution in [0.1, 0.15) is 55.1 Å². The maximum atomic E-state index is 14.2. The van der Waals surface area contributed by atoms with E-state index < -0.39 is 35.4 Å². The molecule has 26 heavy (non-hydrogen) atoms. The second-order valence-electron chi connectivity index (χ2n) is 5.79. The van der Waals surface area contributed by atoms with E-state index in [4.69, 9.17) is 9.26 Å². The van der Waals surface area contributed by atoms with Crippen LogP contribution in [0.4, 0.5) is 22.0 Å². The largest absolute Gasteiger partial charge is 0.416 e. The Labute approximate surface area is 145 Å². The molecule has 1 fully saturated rings. The van der Waals surface area contributed by atoms with Gasteiger partial charge >= 0.3 is 6.18 Å². The highest BCUT2D eigenvalue weighted by atomic mass is 19.4. The lowest BCUT2D eigenvalue weighted by Crippen LogP contribution is -2.16. The summed E-state index contributed by atoms with van der Waals surface area (Å²) < 4.78 is 77.5. The number of ether oxygens (including phenoxy) is 1. The second kappa shape index (κ2) is 7.14. The van der Waals surface area contributed by atoms with Crippen LogP contribution < -0.4 is 0 Å². The first-order valence-electron chi connectivity index (χ1n) is 8.01. The van der Waals surface area contributed by atoms with Gasteiger partial charge in [0.1, 0.15) is 11.9 Å². The average Bonchev–Trinajstić information content (AvgIpc) is 3.00. The molecule has 0 amide bonds. The van der Waals surface area contributed by atoms with Crippen molar-refractivity contribution >= 4 is 5.83 Å². The van der Waals surface area contributed by atoms with E-state index in [9.17, 15) is 22.0 Å². The number of benzene rings is 1. The molecule has 1 aliphatic rings. The van der Waals surface area contributed by atoms with Crippen LogP contribution in [0, 0.1) is 5.82 Å². The third-order valence-electron chi connectivity index (χ3n) is 4.07. The Morgan fingerprint density at radius 1 is 1.31 bits per heavy atom. The minimum Gasteiger partial charge on any atom is -0.366 e. The lowest BCUT2D eigenvalue weighted by molar-refractivity contribution is -0.139. The molecule has 4 nitrogen and oxygen atoms in total. The van der Waals surface area contributed by atoms with E-state index in [0.29, 0.717) is 24.5 Å². The van der Waals surface area contributed by atoms with Crippen molar-refractivity contribution in [2.45, 2.75) is 38.5 Å². The van der Waals surface area contributed by atoms with Gasteiger partial charge in [-0.2, -0.15) is 18.2 Å². The third-order valence-corrected chi connectivity index (χ3v) is 4.07. The monoisotopic (exact) mass is 374 g/mol. The quantitative estimate of drug-likeness (QED) is 0.674. The maximum absolute atomic E-state index is 14.2. The molecular formula is C17H15F5N2O2. The summed E-state index contributed by atoms with van der Waals surface area (Å²) in [6.45, 7) is 1.61. The molecule has 0 spiro atoms. The lowest BCUT2D eigenvalue weighted by atomic mass is 9.91. The number of allylic oxidation sites excluding steroid dienone is 1. The summed E-state index contributed by atoms with van der Waals surface area (Å²) in [5, 5.41) is 3.57. The first-order valence-corrected chi connectivity index (χ1v) is 8.01. The fraction of sp³-hybridized carbons (Fsp3) is 0.412. The van der Waals surface area contributed by atoms with Crippen molar-refractivity contribution in [1.29, 1.82) is 0 Å². The van der Waals surface area contributed by atoms with E-state index in [1.807, 2.05) is 0 Å². The SMILES string of the molecule is CCOC(c1noc(C(F)=C2CCC2)n1)c1ccc(F)cc1C(F)(F)F. The fourth-order valence-corrected chi connectivity index (χ4v) is 2.63. The van der Waals surface area contributed by atoms with Gasteiger partial charge in [0.25, 0.3) is 5.89 Å². The molecule has 1 heterocycles. The molecule has 0 N–H and O–H groups in total. The summed E-state index contributed by atoms with van der Waals surface area (Å²) in [7, 11) is 0. The van der Waals surface area contributed by atoms with Gasteiger partial charge in [0.15, 0.2) is 5.83 Å². The minimum atomic E-state index is -4.81. The van der Waals surface area contributed by atoms with E-state index in [2.05, 4.69) is 10.1 Å². The standard InChI is InChI=1S/C17H15F5N2O2/c1-2-25-14(11-7-6-10(18)8-12(11)17(20,21)22)15-23-16(26-24-15)13(19)9-4-3-5-9/h6-8,14H,2-5H2,1H3. The van der Waals surface area contributed by atoms with Crippen molar-refractivity contribution in [2.24, 2.45) is 0 Å². The molecule has 9 heteroatoms. The second-order valence-corrected chi connectivity index (χ2v) is 5.79. The van der Waals surface area contributed by atoms with Gasteiger partial charge in [0.2, 0.25) is 5.82 Å². The Morgan fingerprint density at radius 3 is 2.62 bits per heavy atom. The van der Waals surface area contributed by atoms with Gasteiger partial charge in [0.05, 0.1) is 5.56 Å². The van der Waals surface area contributed by atoms with Gasteiger partial charge in [-0.3, -0.25) is 0 Å². The molecule has 1 unspecified atom stereocenters. The van der Waals surface area contributed by atoms with E-state index in [1.165, 1.54) is 0 Å². The van der Waals surface area contributed by atoms with Crippen LogP contribution in [0.3, 0.4) is 0 Å². The van der Waals surface area contributed by atoms with Crippen molar-refractivity contribution in [1.82, 2.24) is 10.1 Å². The first kappa shape index (κ1) is 18.5. The van der Waals surface area contributed by atoms with Crippen LogP contribution in [0.15, 0.2) is 28.3 Å². The number of aromatic nitrogens is 2. The maximum Gasteiger partial charge on any atom is 0.416 e. The van der Waals surface area contributed by atoms with Gasteiger partial charge in [-0.25, -0.2) is 8.78 Å². The van der Waals surface area contributed by atoms with Crippen LogP contribution >= 0.6 is 0 Å². The summed E-state index contributed by atoms with van der Waals surface area (Å²) in [5.41, 5.74) is -1.05. The predicted octanol–water partition coefficient (Wildman–Crippen LogP) is 5.22. The molecule has 0 aliphatic heterocycles. The molecule has 0 bridgehead atoms. The molecule has 1 aromatic heterocycles. The van der Waals surface area contributed by atoms with Crippen molar-refractivity contribution in [3.63, 3.8) is 0 Å². The van der Waals surface area contributed by atoms with Crippen LogP contribution in [0.2, 0.25) is 0 Å². The highest BCUT2D eigenvalue weighted by Crippen LogP contribution is 2.39. The van der Waals surface area contributed by atoms with E-state index >= 15 is 0 Å². The topological polar surface area (TPSA) is 48.2 Å². The molecule has 0 radical (unpaired) electrons. The zero-order valence-corrected chi connectivity index (χ0v) is 13.7. The summed E-state index contributed by atoms with van der Waals surface area (Å²) in [6.07, 6.45) is -4.16. The summed E-state index contributed by atoms with van der Waals surface area (Å²) in [4.78, 5) is 3.86. The Balaban J connectivity index is 2.02. The number of hydrogen-bond acceptors (Lipinski definition) is 4. The van der Waals surface area contributed by atoms with Gasteiger partial charge < -0.3 is 9.26 Å². The Morgan fingerprint density at radius 2 is 2.04 bits per heavy atom. The van der Waals surface area contributed by atoms with Gasteiger partial charge in [0, 0.05) is 12.2 Å². The van der Waals surface area contributed by atoms with E-state index in [-0.39, 0.29) is 18.0 Å². The van der Waals surface area contributed by atoms with Crippen molar-refractivity contribution in [3.8, 4) is 0 Å². The molecule has 3 rings (SSSR count). The molecule has 2 aromatic rings. The molecular weight excluding hydrogens is 359 g/mol. The zero-order valence-electron chi connectivity index (χ0n) is 13.7. The van der Waals surface area contributed by atoms with E-state index in [0.717, 1.165) is 18.6 Å². The third kappa shape index (κ3) is 3.62. The van der Waals surface area contributed by atoms with Gasteiger partial charge in [-0.1, -0.05) is 11.2 Å². The van der Waals surface area contributed by atoms with Crippen molar-refractivity contribution < 1.29 is 31.2 Å². The molecule has 1 saturated carbocycles. The molecule has 0 saturated heterocycles. The van der Waals surface area contributed by atoms with E-state index in [1.54, 1.807) is 6.92 Å². The zero-order chi connectivity index (χ0) is 18.9. The number of hydrogen-bond donors (Lipinski definition) is 0. The van der Waals surface area contributed by atoms with Gasteiger partial charge in [-0.05, 0) is 43.9 Å². The Hall–Kier alpha value is -2.29. The highest BCUT2D eigenvalue weighted by molar-refractivity contribution is 5.56. The van der Waals surface area contributed by atoms with Crippen LogP contribution in [-0.4, -0.2) is 16.7 Å². The molecule has 1 aromatic carbocycles. The Kier molecular flexibility index (Phi) is 5.08. The first-order chi connectivity index (χ1) is 12.3. The number of halogens is 5. The average molecular weight is 374 g/mol. The number of alkyl halides is 3. The molecule has 1 atom stereocenters. The minimum absolute atomic E-state index is 0.0345. The summed E-state index contributed by atoms with van der Waals surface area (Å²) in [6, 6.07) is 2.21. The smallest absolute Gasteiger partial charge is 0.366 e. The summed E-state index contributed by atoms with van der Waals surface area (Å²) >= 11 is 0. The number of nitrogens with zero attached hydrogens (tertiary/aromatic N) is 2. The van der Waals surface area contributed by atoms with Crippen molar-refractivity contribution in [3.05, 3.63) is 52.4 Å². The predicted molar refractivity (Wildman–Crippen MR) is 81.0 cm³/mol. The molecule has 140 valence electrons. The van der Waals surface area contributed by atoms with Crippen molar-refractivity contribution in [2.75, 3.05) is 6.61 Å². The molecule has 1 aliphatic carbocycles. The van der Waals surface area contributed by atoms with Gasteiger partial charge in [-0.15, -0.1) is 0 Å².